The third-order valence-electron chi connectivity index (χ3n) is 9.92. The summed E-state index contributed by atoms with van der Waals surface area (Å²) in [5, 5.41) is 2.60. The molecule has 4 aliphatic carbocycles. The van der Waals surface area contributed by atoms with Crippen LogP contribution in [0.4, 0.5) is 11.4 Å². The Morgan fingerprint density at radius 2 is 1.08 bits per heavy atom. The Balaban J connectivity index is 1.19. The lowest BCUT2D eigenvalue weighted by molar-refractivity contribution is 0.000557. The molecule has 0 radical (unpaired) electrons. The fraction of sp³-hybridized carbons (Fsp3) is 0.263. The fourth-order valence-electron chi connectivity index (χ4n) is 8.74. The van der Waals surface area contributed by atoms with Gasteiger partial charge < -0.3 is 4.90 Å². The topological polar surface area (TPSA) is 3.24 Å². The number of nitrogens with zero attached hydrogens (tertiary/aromatic N) is 1. The highest BCUT2D eigenvalue weighted by Gasteiger charge is 2.54. The lowest BCUT2D eigenvalue weighted by Gasteiger charge is -2.61. The lowest BCUT2D eigenvalue weighted by Crippen LogP contribution is -2.58. The van der Waals surface area contributed by atoms with Crippen molar-refractivity contribution in [1.29, 1.82) is 0 Å². The highest BCUT2D eigenvalue weighted by atomic mass is 15.2. The number of hydrogen-bond donors (Lipinski definition) is 0. The first kappa shape index (κ1) is 23.1. The number of fused-ring (bicyclic) bond motifs is 1. The molecule has 4 saturated carbocycles. The van der Waals surface area contributed by atoms with E-state index in [-0.39, 0.29) is 5.54 Å². The molecule has 0 unspecified atom stereocenters. The van der Waals surface area contributed by atoms with Gasteiger partial charge >= 0.3 is 0 Å². The molecule has 1 nitrogen and oxygen atoms in total. The van der Waals surface area contributed by atoms with Gasteiger partial charge in [0.15, 0.2) is 0 Å². The van der Waals surface area contributed by atoms with Gasteiger partial charge in [-0.1, -0.05) is 91.0 Å². The fourth-order valence-corrected chi connectivity index (χ4v) is 8.74. The third-order valence-corrected chi connectivity index (χ3v) is 9.92. The van der Waals surface area contributed by atoms with E-state index < -0.39 is 0 Å². The molecule has 0 atom stereocenters. The highest BCUT2D eigenvalue weighted by molar-refractivity contribution is 5.99. The molecule has 5 aromatic rings. The van der Waals surface area contributed by atoms with E-state index in [1.807, 2.05) is 0 Å². The number of benzene rings is 5. The summed E-state index contributed by atoms with van der Waals surface area (Å²) in [4.78, 5) is 2.75. The molecule has 4 fully saturated rings. The molecular formula is C38H35N. The van der Waals surface area contributed by atoms with Crippen LogP contribution in [0, 0.1) is 17.8 Å². The van der Waals surface area contributed by atoms with Gasteiger partial charge in [0.05, 0.1) is 0 Å². The van der Waals surface area contributed by atoms with Gasteiger partial charge in [0.1, 0.15) is 0 Å². The van der Waals surface area contributed by atoms with E-state index >= 15 is 0 Å². The van der Waals surface area contributed by atoms with Crippen LogP contribution < -0.4 is 4.90 Å². The predicted molar refractivity (Wildman–Crippen MR) is 164 cm³/mol. The van der Waals surface area contributed by atoms with E-state index in [9.17, 15) is 0 Å². The van der Waals surface area contributed by atoms with Crippen LogP contribution >= 0.6 is 0 Å². The molecule has 5 aromatic carbocycles. The summed E-state index contributed by atoms with van der Waals surface area (Å²) in [7, 11) is 0. The smallest absolute Gasteiger partial charge is 0.0459 e. The molecule has 4 aliphatic rings. The maximum Gasteiger partial charge on any atom is 0.0459 e. The SMILES string of the molecule is c1ccc(-c2cccc3ccc(-c4ccc(N(c5ccccc5)C56CC7CC(CC(C7)C5)C6)cc4)cc23)cc1. The molecule has 0 spiro atoms. The molecule has 1 heteroatoms. The average molecular weight is 506 g/mol. The van der Waals surface area contributed by atoms with Gasteiger partial charge in [-0.15, -0.1) is 0 Å². The number of anilines is 2. The minimum absolute atomic E-state index is 0.269. The Kier molecular flexibility index (Phi) is 5.40. The van der Waals surface area contributed by atoms with Crippen molar-refractivity contribution >= 4 is 22.1 Å². The van der Waals surface area contributed by atoms with E-state index in [0.29, 0.717) is 0 Å². The first-order valence-electron chi connectivity index (χ1n) is 14.8. The third kappa shape index (κ3) is 3.98. The normalized spacial score (nSPS) is 25.2. The second kappa shape index (κ2) is 9.12. The van der Waals surface area contributed by atoms with E-state index in [2.05, 4.69) is 126 Å². The maximum absolute atomic E-state index is 2.75. The van der Waals surface area contributed by atoms with Crippen LogP contribution in [-0.2, 0) is 0 Å². The van der Waals surface area contributed by atoms with Crippen LogP contribution in [0.25, 0.3) is 33.0 Å². The Morgan fingerprint density at radius 3 is 1.74 bits per heavy atom. The molecule has 4 bridgehead atoms. The zero-order valence-corrected chi connectivity index (χ0v) is 22.5. The largest absolute Gasteiger partial charge is 0.335 e. The van der Waals surface area contributed by atoms with Crippen LogP contribution in [0.3, 0.4) is 0 Å². The minimum Gasteiger partial charge on any atom is -0.335 e. The summed E-state index contributed by atoms with van der Waals surface area (Å²) in [5.41, 5.74) is 8.09. The van der Waals surface area contributed by atoms with E-state index in [4.69, 9.17) is 0 Å². The molecule has 0 heterocycles. The van der Waals surface area contributed by atoms with Gasteiger partial charge in [0.2, 0.25) is 0 Å². The van der Waals surface area contributed by atoms with Crippen molar-refractivity contribution in [1.82, 2.24) is 0 Å². The summed E-state index contributed by atoms with van der Waals surface area (Å²) in [6.07, 6.45) is 8.45. The zero-order valence-electron chi connectivity index (χ0n) is 22.5. The molecule has 192 valence electrons. The van der Waals surface area contributed by atoms with Crippen LogP contribution in [0.2, 0.25) is 0 Å². The van der Waals surface area contributed by atoms with E-state index in [1.54, 1.807) is 0 Å². The molecule has 9 rings (SSSR count). The number of rotatable bonds is 5. The monoisotopic (exact) mass is 505 g/mol. The van der Waals surface area contributed by atoms with Crippen molar-refractivity contribution in [3.05, 3.63) is 121 Å². The first-order valence-corrected chi connectivity index (χ1v) is 14.8. The summed E-state index contributed by atoms with van der Waals surface area (Å²) in [6.45, 7) is 0. The van der Waals surface area contributed by atoms with Gasteiger partial charge in [-0.3, -0.25) is 0 Å². The quantitative estimate of drug-likeness (QED) is 0.230. The van der Waals surface area contributed by atoms with Gasteiger partial charge in [0.25, 0.3) is 0 Å². The van der Waals surface area contributed by atoms with Crippen LogP contribution in [-0.4, -0.2) is 5.54 Å². The van der Waals surface area contributed by atoms with Gasteiger partial charge in [-0.25, -0.2) is 0 Å². The molecule has 0 aliphatic heterocycles. The van der Waals surface area contributed by atoms with Gasteiger partial charge in [0, 0.05) is 16.9 Å². The Hall–Kier alpha value is -3.84. The second-order valence-electron chi connectivity index (χ2n) is 12.5. The average Bonchev–Trinajstić information content (AvgIpc) is 2.97. The number of hydrogen-bond acceptors (Lipinski definition) is 1. The summed E-state index contributed by atoms with van der Waals surface area (Å²) in [6, 6.07) is 45.0. The van der Waals surface area contributed by atoms with Crippen molar-refractivity contribution in [3.8, 4) is 22.3 Å². The standard InChI is InChI=1S/C38H35N/c1-3-8-31(9-4-1)36-13-7-10-32-14-15-33(23-37(32)36)30-16-18-35(19-17-30)39(34-11-5-2-6-12-34)38-24-27-20-28(25-38)22-29(21-27)26-38/h1-19,23,27-29H,20-22,24-26H2. The van der Waals surface area contributed by atoms with Gasteiger partial charge in [-0.05, 0) is 120 Å². The summed E-state index contributed by atoms with van der Waals surface area (Å²) >= 11 is 0. The first-order chi connectivity index (χ1) is 19.2. The minimum atomic E-state index is 0.269. The highest BCUT2D eigenvalue weighted by Crippen LogP contribution is 2.59. The van der Waals surface area contributed by atoms with Crippen LogP contribution in [0.5, 0.6) is 0 Å². The van der Waals surface area contributed by atoms with Crippen molar-refractivity contribution in [3.63, 3.8) is 0 Å². The molecule has 39 heavy (non-hydrogen) atoms. The van der Waals surface area contributed by atoms with Crippen molar-refractivity contribution in [2.75, 3.05) is 4.90 Å². The lowest BCUT2D eigenvalue weighted by atomic mass is 9.52. The van der Waals surface area contributed by atoms with E-state index in [0.717, 1.165) is 17.8 Å². The van der Waals surface area contributed by atoms with Crippen molar-refractivity contribution in [2.45, 2.75) is 44.1 Å². The Morgan fingerprint density at radius 1 is 0.487 bits per heavy atom. The molecule has 0 aromatic heterocycles. The predicted octanol–water partition coefficient (Wildman–Crippen LogP) is 10.3. The molecular weight excluding hydrogens is 470 g/mol. The summed E-state index contributed by atoms with van der Waals surface area (Å²) in [5.74, 6) is 2.74. The maximum atomic E-state index is 2.75. The van der Waals surface area contributed by atoms with Crippen LogP contribution in [0.1, 0.15) is 38.5 Å². The summed E-state index contributed by atoms with van der Waals surface area (Å²) < 4.78 is 0. The zero-order chi connectivity index (χ0) is 25.8. The molecule has 0 saturated heterocycles. The van der Waals surface area contributed by atoms with Gasteiger partial charge in [-0.2, -0.15) is 0 Å². The Labute approximate surface area is 232 Å². The van der Waals surface area contributed by atoms with Crippen molar-refractivity contribution in [2.24, 2.45) is 17.8 Å². The molecule has 0 amide bonds. The molecule has 0 N–H and O–H groups in total. The van der Waals surface area contributed by atoms with Crippen LogP contribution in [0.15, 0.2) is 121 Å². The number of para-hydroxylation sites is 1. The second-order valence-corrected chi connectivity index (χ2v) is 12.5. The van der Waals surface area contributed by atoms with E-state index in [1.165, 1.54) is 82.9 Å². The Bertz CT molecular complexity index is 1580. The van der Waals surface area contributed by atoms with Crippen molar-refractivity contribution < 1.29 is 0 Å².